The molecular formula is C23H19Cl3F3N3O4. The molecule has 1 fully saturated rings. The predicted octanol–water partition coefficient (Wildman–Crippen LogP) is 5.43. The fourth-order valence-corrected chi connectivity index (χ4v) is 4.60. The maximum Gasteiger partial charge on any atom is 0.435 e. The average molecular weight is 565 g/mol. The Morgan fingerprint density at radius 2 is 1.89 bits per heavy atom. The van der Waals surface area contributed by atoms with Gasteiger partial charge in [-0.1, -0.05) is 46.0 Å². The summed E-state index contributed by atoms with van der Waals surface area (Å²) >= 11 is 17.8. The number of hydrogen-bond donors (Lipinski definition) is 1. The SMILES string of the molecule is CCN1OC[C@@H](NC(=O)c2ccc(C3=NOC(c4cc(Cl)c(Cl)c(Cl)c4)(C(F)(F)F)C3)cc2C)C1=O. The van der Waals surface area contributed by atoms with Crippen molar-refractivity contribution in [2.75, 3.05) is 13.2 Å². The Hall–Kier alpha value is -2.53. The maximum absolute atomic E-state index is 14.3. The van der Waals surface area contributed by atoms with Crippen LogP contribution in [0.15, 0.2) is 35.5 Å². The first-order valence-corrected chi connectivity index (χ1v) is 11.8. The molecule has 7 nitrogen and oxygen atoms in total. The molecule has 1 unspecified atom stereocenters. The third-order valence-electron chi connectivity index (χ3n) is 5.97. The van der Waals surface area contributed by atoms with Crippen LogP contribution in [-0.4, -0.2) is 48.0 Å². The summed E-state index contributed by atoms with van der Waals surface area (Å²) in [7, 11) is 0. The lowest BCUT2D eigenvalue weighted by Gasteiger charge is -2.30. The topological polar surface area (TPSA) is 80.2 Å². The van der Waals surface area contributed by atoms with Gasteiger partial charge in [0.15, 0.2) is 0 Å². The molecule has 13 heteroatoms. The summed E-state index contributed by atoms with van der Waals surface area (Å²) in [5, 5.41) is 7.11. The molecule has 2 aromatic carbocycles. The number of carbonyl (C=O) groups is 2. The Kier molecular flexibility index (Phi) is 7.18. The van der Waals surface area contributed by atoms with Crippen molar-refractivity contribution in [3.05, 3.63) is 67.7 Å². The number of nitrogens with zero attached hydrogens (tertiary/aromatic N) is 2. The molecule has 0 saturated carbocycles. The van der Waals surface area contributed by atoms with Gasteiger partial charge in [0.1, 0.15) is 12.6 Å². The molecule has 0 spiro atoms. The van der Waals surface area contributed by atoms with E-state index in [0.29, 0.717) is 17.7 Å². The van der Waals surface area contributed by atoms with E-state index in [9.17, 15) is 22.8 Å². The molecule has 192 valence electrons. The van der Waals surface area contributed by atoms with E-state index in [1.807, 2.05) is 0 Å². The molecule has 0 bridgehead atoms. The summed E-state index contributed by atoms with van der Waals surface area (Å²) in [6, 6.07) is 5.71. The first-order chi connectivity index (χ1) is 16.9. The Balaban J connectivity index is 1.57. The minimum atomic E-state index is -4.87. The van der Waals surface area contributed by atoms with Gasteiger partial charge in [-0.3, -0.25) is 14.4 Å². The van der Waals surface area contributed by atoms with E-state index in [1.54, 1.807) is 13.8 Å². The van der Waals surface area contributed by atoms with Gasteiger partial charge in [-0.05, 0) is 49.2 Å². The lowest BCUT2D eigenvalue weighted by atomic mass is 9.86. The Bertz CT molecular complexity index is 1250. The van der Waals surface area contributed by atoms with Crippen molar-refractivity contribution in [2.24, 2.45) is 5.16 Å². The van der Waals surface area contributed by atoms with Crippen molar-refractivity contribution in [2.45, 2.75) is 38.1 Å². The van der Waals surface area contributed by atoms with Gasteiger partial charge in [-0.2, -0.15) is 13.2 Å². The first kappa shape index (κ1) is 26.5. The van der Waals surface area contributed by atoms with E-state index >= 15 is 0 Å². The summed E-state index contributed by atoms with van der Waals surface area (Å²) < 4.78 is 42.8. The normalized spacial score (nSPS) is 22.0. The van der Waals surface area contributed by atoms with E-state index in [1.165, 1.54) is 18.2 Å². The quantitative estimate of drug-likeness (QED) is 0.491. The third kappa shape index (κ3) is 4.63. The number of rotatable bonds is 5. The van der Waals surface area contributed by atoms with Crippen molar-refractivity contribution in [1.29, 1.82) is 0 Å². The molecule has 2 heterocycles. The molecule has 0 radical (unpaired) electrons. The van der Waals surface area contributed by atoms with E-state index < -0.39 is 30.1 Å². The highest BCUT2D eigenvalue weighted by atomic mass is 35.5. The van der Waals surface area contributed by atoms with Gasteiger partial charge in [0, 0.05) is 24.1 Å². The van der Waals surface area contributed by atoms with Gasteiger partial charge in [0.25, 0.3) is 17.4 Å². The minimum Gasteiger partial charge on any atom is -0.374 e. The molecule has 2 atom stereocenters. The number of nitrogens with one attached hydrogen (secondary N) is 1. The molecule has 2 aromatic rings. The van der Waals surface area contributed by atoms with Crippen molar-refractivity contribution >= 4 is 52.3 Å². The zero-order chi connectivity index (χ0) is 26.4. The molecule has 0 aliphatic carbocycles. The second-order valence-corrected chi connectivity index (χ2v) is 9.46. The maximum atomic E-state index is 14.3. The summed E-state index contributed by atoms with van der Waals surface area (Å²) in [6.07, 6.45) is -5.52. The number of halogens is 6. The number of benzene rings is 2. The number of likely N-dealkylation sites (N-methyl/N-ethyl adjacent to an activating group) is 1. The van der Waals surface area contributed by atoms with Gasteiger partial charge >= 0.3 is 6.18 Å². The monoisotopic (exact) mass is 563 g/mol. The van der Waals surface area contributed by atoms with Crippen LogP contribution in [0.25, 0.3) is 0 Å². The molecule has 2 amide bonds. The van der Waals surface area contributed by atoms with Crippen LogP contribution in [0, 0.1) is 6.92 Å². The van der Waals surface area contributed by atoms with Gasteiger partial charge in [-0.25, -0.2) is 5.06 Å². The van der Waals surface area contributed by atoms with Crippen LogP contribution in [0.4, 0.5) is 13.2 Å². The van der Waals surface area contributed by atoms with Crippen LogP contribution in [-0.2, 0) is 20.1 Å². The Morgan fingerprint density at radius 1 is 1.22 bits per heavy atom. The van der Waals surface area contributed by atoms with Crippen LogP contribution in [0.2, 0.25) is 15.1 Å². The fraction of sp³-hybridized carbons (Fsp3) is 0.348. The lowest BCUT2D eigenvalue weighted by molar-refractivity contribution is -0.275. The highest BCUT2D eigenvalue weighted by Gasteiger charge is 2.62. The fourth-order valence-electron chi connectivity index (χ4n) is 4.00. The molecule has 1 N–H and O–H groups in total. The Morgan fingerprint density at radius 3 is 2.44 bits per heavy atom. The largest absolute Gasteiger partial charge is 0.435 e. The van der Waals surface area contributed by atoms with Gasteiger partial charge in [0.05, 0.1) is 20.8 Å². The van der Waals surface area contributed by atoms with E-state index in [0.717, 1.165) is 17.2 Å². The molecular weight excluding hydrogens is 546 g/mol. The number of hydrogen-bond acceptors (Lipinski definition) is 5. The minimum absolute atomic E-state index is 0.0158. The first-order valence-electron chi connectivity index (χ1n) is 10.7. The molecule has 2 aliphatic rings. The highest BCUT2D eigenvalue weighted by molar-refractivity contribution is 6.48. The van der Waals surface area contributed by atoms with E-state index in [4.69, 9.17) is 44.5 Å². The average Bonchev–Trinajstić information content (AvgIpc) is 3.42. The van der Waals surface area contributed by atoms with Crippen molar-refractivity contribution in [3.63, 3.8) is 0 Å². The second kappa shape index (κ2) is 9.74. The number of carbonyl (C=O) groups excluding carboxylic acids is 2. The molecule has 36 heavy (non-hydrogen) atoms. The number of hydroxylamine groups is 2. The van der Waals surface area contributed by atoms with Crippen molar-refractivity contribution < 1.29 is 32.4 Å². The predicted molar refractivity (Wildman–Crippen MR) is 127 cm³/mol. The van der Waals surface area contributed by atoms with Crippen LogP contribution < -0.4 is 5.32 Å². The summed E-state index contributed by atoms with van der Waals surface area (Å²) in [5.41, 5.74) is -2.10. The van der Waals surface area contributed by atoms with E-state index in [-0.39, 0.29) is 44.4 Å². The number of amides is 2. The van der Waals surface area contributed by atoms with Crippen LogP contribution >= 0.6 is 34.8 Å². The molecule has 2 aliphatic heterocycles. The van der Waals surface area contributed by atoms with Gasteiger partial charge < -0.3 is 10.2 Å². The summed E-state index contributed by atoms with van der Waals surface area (Å²) in [6.45, 7) is 3.72. The van der Waals surface area contributed by atoms with Crippen LogP contribution in [0.5, 0.6) is 0 Å². The van der Waals surface area contributed by atoms with Crippen molar-refractivity contribution in [1.82, 2.24) is 10.4 Å². The van der Waals surface area contributed by atoms with Crippen molar-refractivity contribution in [3.8, 4) is 0 Å². The lowest BCUT2D eigenvalue weighted by Crippen LogP contribution is -2.43. The smallest absolute Gasteiger partial charge is 0.374 e. The van der Waals surface area contributed by atoms with Crippen LogP contribution in [0.1, 0.15) is 40.4 Å². The standard InChI is InChI=1S/C23H19Cl3F3N3O4/c1-3-32-21(34)18(10-35-32)30-20(33)14-5-4-12(6-11(14)2)17-9-22(36-31-17,23(27,28)29)13-7-15(24)19(26)16(25)8-13/h4-8,18H,3,9-10H2,1-2H3,(H,30,33)/t18-,22?/m1/s1. The van der Waals surface area contributed by atoms with Crippen LogP contribution in [0.3, 0.4) is 0 Å². The number of aryl methyl sites for hydroxylation is 1. The number of alkyl halides is 3. The highest BCUT2D eigenvalue weighted by Crippen LogP contribution is 2.50. The van der Waals surface area contributed by atoms with E-state index in [2.05, 4.69) is 10.5 Å². The summed E-state index contributed by atoms with van der Waals surface area (Å²) in [4.78, 5) is 35.1. The zero-order valence-corrected chi connectivity index (χ0v) is 21.1. The van der Waals surface area contributed by atoms with Gasteiger partial charge in [-0.15, -0.1) is 0 Å². The molecule has 0 aromatic heterocycles. The Labute approximate surface area is 219 Å². The molecule has 4 rings (SSSR count). The van der Waals surface area contributed by atoms with Gasteiger partial charge in [0.2, 0.25) is 0 Å². The number of oxime groups is 1. The molecule has 1 saturated heterocycles. The zero-order valence-electron chi connectivity index (χ0n) is 18.9. The third-order valence-corrected chi connectivity index (χ3v) is 7.17. The second-order valence-electron chi connectivity index (χ2n) is 8.27. The summed E-state index contributed by atoms with van der Waals surface area (Å²) in [5.74, 6) is -0.873.